The van der Waals surface area contributed by atoms with Gasteiger partial charge in [-0.25, -0.2) is 14.6 Å². The van der Waals surface area contributed by atoms with Crippen molar-refractivity contribution in [3.8, 4) is 5.69 Å². The fraction of sp³-hybridized carbons (Fsp3) is 0.133. The molecule has 0 saturated heterocycles. The second kappa shape index (κ2) is 5.13. The van der Waals surface area contributed by atoms with Crippen LogP contribution in [0.3, 0.4) is 0 Å². The van der Waals surface area contributed by atoms with Gasteiger partial charge in [0.25, 0.3) is 0 Å². The first kappa shape index (κ1) is 12.3. The van der Waals surface area contributed by atoms with E-state index in [0.717, 1.165) is 22.5 Å². The maximum Gasteiger partial charge on any atom is 0.168 e. The van der Waals surface area contributed by atoms with Gasteiger partial charge in [-0.05, 0) is 19.1 Å². The molecule has 2 aromatic heterocycles. The van der Waals surface area contributed by atoms with Crippen molar-refractivity contribution in [3.05, 3.63) is 55.5 Å². The Bertz CT molecular complexity index is 732. The third-order valence-corrected chi connectivity index (χ3v) is 3.08. The summed E-state index contributed by atoms with van der Waals surface area (Å²) in [7, 11) is 0. The van der Waals surface area contributed by atoms with Crippen molar-refractivity contribution in [1.82, 2.24) is 19.7 Å². The standard InChI is InChI=1S/C15H15N5/c1-3-11(2)19-14-13-9-18-20(15(13)17-10-16-14)12-7-5-4-6-8-12/h3-11H,1H2,2H3,(H,16,17,19). The van der Waals surface area contributed by atoms with Crippen LogP contribution in [0.5, 0.6) is 0 Å². The Kier molecular flexibility index (Phi) is 3.16. The Morgan fingerprint density at radius 1 is 1.25 bits per heavy atom. The van der Waals surface area contributed by atoms with Gasteiger partial charge in [0.05, 0.1) is 17.3 Å². The van der Waals surface area contributed by atoms with Crippen molar-refractivity contribution in [2.45, 2.75) is 13.0 Å². The Labute approximate surface area is 117 Å². The molecule has 1 N–H and O–H groups in total. The number of benzene rings is 1. The molecule has 3 rings (SSSR count). The maximum absolute atomic E-state index is 4.41. The third kappa shape index (κ3) is 2.14. The normalized spacial score (nSPS) is 12.2. The fourth-order valence-electron chi connectivity index (χ4n) is 1.99. The van der Waals surface area contributed by atoms with E-state index in [-0.39, 0.29) is 6.04 Å². The van der Waals surface area contributed by atoms with Gasteiger partial charge >= 0.3 is 0 Å². The molecular weight excluding hydrogens is 250 g/mol. The van der Waals surface area contributed by atoms with Crippen molar-refractivity contribution < 1.29 is 0 Å². The van der Waals surface area contributed by atoms with Crippen LogP contribution >= 0.6 is 0 Å². The van der Waals surface area contributed by atoms with Crippen LogP contribution in [0.4, 0.5) is 5.82 Å². The molecule has 1 unspecified atom stereocenters. The number of rotatable bonds is 4. The number of anilines is 1. The third-order valence-electron chi connectivity index (χ3n) is 3.08. The molecule has 0 aliphatic carbocycles. The second-order valence-corrected chi connectivity index (χ2v) is 4.52. The number of aromatic nitrogens is 4. The molecule has 0 spiro atoms. The van der Waals surface area contributed by atoms with Gasteiger partial charge in [0.2, 0.25) is 0 Å². The minimum absolute atomic E-state index is 0.133. The van der Waals surface area contributed by atoms with Crippen LogP contribution in [0.25, 0.3) is 16.7 Å². The van der Waals surface area contributed by atoms with Crippen LogP contribution in [0, 0.1) is 0 Å². The fourth-order valence-corrected chi connectivity index (χ4v) is 1.99. The molecule has 0 fully saturated rings. The molecule has 1 atom stereocenters. The predicted molar refractivity (Wildman–Crippen MR) is 79.9 cm³/mol. The van der Waals surface area contributed by atoms with Gasteiger partial charge in [-0.1, -0.05) is 24.3 Å². The first-order valence-electron chi connectivity index (χ1n) is 6.43. The zero-order valence-electron chi connectivity index (χ0n) is 11.2. The Balaban J connectivity index is 2.10. The van der Waals surface area contributed by atoms with Crippen molar-refractivity contribution in [2.24, 2.45) is 0 Å². The first-order valence-corrected chi connectivity index (χ1v) is 6.43. The lowest BCUT2D eigenvalue weighted by Crippen LogP contribution is -2.12. The number of nitrogens with zero attached hydrogens (tertiary/aromatic N) is 4. The quantitative estimate of drug-likeness (QED) is 0.737. The predicted octanol–water partition coefficient (Wildman–Crippen LogP) is 2.80. The average Bonchev–Trinajstić information content (AvgIpc) is 2.93. The summed E-state index contributed by atoms with van der Waals surface area (Å²) in [4.78, 5) is 8.61. The monoisotopic (exact) mass is 265 g/mol. The molecule has 0 radical (unpaired) electrons. The van der Waals surface area contributed by atoms with E-state index in [0.29, 0.717) is 0 Å². The molecule has 3 aromatic rings. The van der Waals surface area contributed by atoms with E-state index in [2.05, 4.69) is 27.0 Å². The molecule has 1 aromatic carbocycles. The number of para-hydroxylation sites is 1. The van der Waals surface area contributed by atoms with Gasteiger partial charge in [-0.2, -0.15) is 5.10 Å². The van der Waals surface area contributed by atoms with Crippen LogP contribution < -0.4 is 5.32 Å². The smallest absolute Gasteiger partial charge is 0.168 e. The molecule has 0 saturated carbocycles. The topological polar surface area (TPSA) is 55.6 Å². The van der Waals surface area contributed by atoms with Crippen molar-refractivity contribution in [1.29, 1.82) is 0 Å². The molecule has 20 heavy (non-hydrogen) atoms. The summed E-state index contributed by atoms with van der Waals surface area (Å²) < 4.78 is 1.81. The zero-order valence-corrected chi connectivity index (χ0v) is 11.2. The number of hydrogen-bond donors (Lipinski definition) is 1. The minimum atomic E-state index is 0.133. The summed E-state index contributed by atoms with van der Waals surface area (Å²) in [6, 6.07) is 10.0. The molecule has 0 bridgehead atoms. The van der Waals surface area contributed by atoms with E-state index in [9.17, 15) is 0 Å². The van der Waals surface area contributed by atoms with Gasteiger partial charge < -0.3 is 5.32 Å². The highest BCUT2D eigenvalue weighted by Crippen LogP contribution is 2.21. The van der Waals surface area contributed by atoms with Crippen molar-refractivity contribution in [2.75, 3.05) is 5.32 Å². The minimum Gasteiger partial charge on any atom is -0.363 e. The lowest BCUT2D eigenvalue weighted by Gasteiger charge is -2.10. The summed E-state index contributed by atoms with van der Waals surface area (Å²) in [6.07, 6.45) is 5.15. The molecule has 0 aliphatic heterocycles. The van der Waals surface area contributed by atoms with Crippen LogP contribution in [0.1, 0.15) is 6.92 Å². The highest BCUT2D eigenvalue weighted by molar-refractivity contribution is 5.87. The van der Waals surface area contributed by atoms with E-state index in [4.69, 9.17) is 0 Å². The number of nitrogens with one attached hydrogen (secondary N) is 1. The Morgan fingerprint density at radius 2 is 2.05 bits per heavy atom. The van der Waals surface area contributed by atoms with Gasteiger partial charge in [0, 0.05) is 6.04 Å². The zero-order chi connectivity index (χ0) is 13.9. The van der Waals surface area contributed by atoms with Crippen LogP contribution in [0.2, 0.25) is 0 Å². The highest BCUT2D eigenvalue weighted by atomic mass is 15.3. The van der Waals surface area contributed by atoms with Crippen LogP contribution in [-0.4, -0.2) is 25.8 Å². The van der Waals surface area contributed by atoms with Gasteiger partial charge in [0.15, 0.2) is 5.65 Å². The van der Waals surface area contributed by atoms with E-state index in [1.165, 1.54) is 0 Å². The number of fused-ring (bicyclic) bond motifs is 1. The summed E-state index contributed by atoms with van der Waals surface area (Å²) in [5.41, 5.74) is 1.76. The van der Waals surface area contributed by atoms with E-state index in [1.807, 2.05) is 43.3 Å². The molecule has 0 amide bonds. The second-order valence-electron chi connectivity index (χ2n) is 4.52. The average molecular weight is 265 g/mol. The summed E-state index contributed by atoms with van der Waals surface area (Å²) >= 11 is 0. The lowest BCUT2D eigenvalue weighted by atomic mass is 10.3. The van der Waals surface area contributed by atoms with Gasteiger partial charge in [0.1, 0.15) is 12.1 Å². The maximum atomic E-state index is 4.41. The SMILES string of the molecule is C=CC(C)Nc1ncnc2c1cnn2-c1ccccc1. The van der Waals surface area contributed by atoms with Gasteiger partial charge in [-0.3, -0.25) is 0 Å². The molecule has 2 heterocycles. The van der Waals surface area contributed by atoms with Crippen molar-refractivity contribution >= 4 is 16.9 Å². The molecule has 5 nitrogen and oxygen atoms in total. The first-order chi connectivity index (χ1) is 9.79. The summed E-state index contributed by atoms with van der Waals surface area (Å²) in [5, 5.41) is 8.58. The molecular formula is C15H15N5. The molecule has 100 valence electrons. The molecule has 0 aliphatic rings. The van der Waals surface area contributed by atoms with E-state index in [1.54, 1.807) is 17.2 Å². The van der Waals surface area contributed by atoms with E-state index < -0.39 is 0 Å². The van der Waals surface area contributed by atoms with Crippen LogP contribution in [-0.2, 0) is 0 Å². The highest BCUT2D eigenvalue weighted by Gasteiger charge is 2.11. The largest absolute Gasteiger partial charge is 0.363 e. The van der Waals surface area contributed by atoms with E-state index >= 15 is 0 Å². The van der Waals surface area contributed by atoms with Crippen LogP contribution in [0.15, 0.2) is 55.5 Å². The molecule has 5 heteroatoms. The lowest BCUT2D eigenvalue weighted by molar-refractivity contribution is 0.894. The Hall–Kier alpha value is -2.69. The summed E-state index contributed by atoms with van der Waals surface area (Å²) in [5.74, 6) is 0.768. The Morgan fingerprint density at radius 3 is 2.80 bits per heavy atom. The number of hydrogen-bond acceptors (Lipinski definition) is 4. The van der Waals surface area contributed by atoms with Gasteiger partial charge in [-0.15, -0.1) is 6.58 Å². The van der Waals surface area contributed by atoms with Crippen molar-refractivity contribution in [3.63, 3.8) is 0 Å². The summed E-state index contributed by atoms with van der Waals surface area (Å²) in [6.45, 7) is 5.78.